The molecule has 1 aromatic rings. The first-order valence-electron chi connectivity index (χ1n) is 7.83. The van der Waals surface area contributed by atoms with Crippen molar-refractivity contribution >= 4 is 11.9 Å². The molecule has 1 fully saturated rings. The molecule has 0 bridgehead atoms. The highest BCUT2D eigenvalue weighted by Gasteiger charge is 2.25. The zero-order chi connectivity index (χ0) is 15.5. The second kappa shape index (κ2) is 6.36. The molecule has 118 valence electrons. The van der Waals surface area contributed by atoms with Gasteiger partial charge in [-0.25, -0.2) is 4.79 Å². The summed E-state index contributed by atoms with van der Waals surface area (Å²) < 4.78 is 0. The van der Waals surface area contributed by atoms with E-state index in [1.54, 1.807) is 4.90 Å². The van der Waals surface area contributed by atoms with Gasteiger partial charge in [-0.3, -0.25) is 4.79 Å². The molecule has 0 aliphatic carbocycles. The highest BCUT2D eigenvalue weighted by atomic mass is 16.2. The van der Waals surface area contributed by atoms with E-state index in [-0.39, 0.29) is 11.9 Å². The molecule has 3 amide bonds. The van der Waals surface area contributed by atoms with Crippen molar-refractivity contribution in [2.45, 2.75) is 20.0 Å². The standard InChI is InChI=1S/C16H22N4O2/c1-2-18-16(22)20-7-5-19(6-8-20)15(21)12-3-4-13-10-17-11-14(13)9-12/h3-4,9,17H,2,5-8,10-11H2,1H3,(H,18,22). The summed E-state index contributed by atoms with van der Waals surface area (Å²) in [7, 11) is 0. The fourth-order valence-electron chi connectivity index (χ4n) is 2.99. The van der Waals surface area contributed by atoms with Crippen LogP contribution >= 0.6 is 0 Å². The Hall–Kier alpha value is -2.08. The maximum atomic E-state index is 12.6. The quantitative estimate of drug-likeness (QED) is 0.848. The first kappa shape index (κ1) is 14.8. The number of carbonyl (C=O) groups is 2. The van der Waals surface area contributed by atoms with Gasteiger partial charge in [-0.1, -0.05) is 6.07 Å². The molecule has 2 aliphatic heterocycles. The van der Waals surface area contributed by atoms with Crippen LogP contribution in [0.2, 0.25) is 0 Å². The molecule has 6 heteroatoms. The van der Waals surface area contributed by atoms with E-state index in [1.807, 2.05) is 30.0 Å². The lowest BCUT2D eigenvalue weighted by atomic mass is 10.1. The van der Waals surface area contributed by atoms with Crippen molar-refractivity contribution in [3.63, 3.8) is 0 Å². The van der Waals surface area contributed by atoms with Crippen LogP contribution in [0, 0.1) is 0 Å². The number of hydrogen-bond donors (Lipinski definition) is 2. The SMILES string of the molecule is CCNC(=O)N1CCN(C(=O)c2ccc3c(c2)CNC3)CC1. The van der Waals surface area contributed by atoms with Crippen molar-refractivity contribution in [3.8, 4) is 0 Å². The van der Waals surface area contributed by atoms with E-state index in [0.29, 0.717) is 32.7 Å². The second-order valence-corrected chi connectivity index (χ2v) is 5.70. The third-order valence-electron chi connectivity index (χ3n) is 4.27. The first-order valence-corrected chi connectivity index (χ1v) is 7.83. The van der Waals surface area contributed by atoms with Crippen molar-refractivity contribution in [2.24, 2.45) is 0 Å². The summed E-state index contributed by atoms with van der Waals surface area (Å²) in [6, 6.07) is 5.89. The molecule has 0 saturated carbocycles. The lowest BCUT2D eigenvalue weighted by Crippen LogP contribution is -2.53. The molecular weight excluding hydrogens is 280 g/mol. The minimum Gasteiger partial charge on any atom is -0.338 e. The Bertz CT molecular complexity index is 580. The van der Waals surface area contributed by atoms with E-state index < -0.39 is 0 Å². The molecule has 0 radical (unpaired) electrons. The molecule has 6 nitrogen and oxygen atoms in total. The summed E-state index contributed by atoms with van der Waals surface area (Å²) in [5, 5.41) is 6.08. The smallest absolute Gasteiger partial charge is 0.317 e. The molecule has 0 aromatic heterocycles. The van der Waals surface area contributed by atoms with Gasteiger partial charge in [-0.2, -0.15) is 0 Å². The van der Waals surface area contributed by atoms with Gasteiger partial charge in [-0.05, 0) is 30.2 Å². The van der Waals surface area contributed by atoms with Gasteiger partial charge in [0.05, 0.1) is 0 Å². The molecular formula is C16H22N4O2. The Balaban J connectivity index is 1.61. The van der Waals surface area contributed by atoms with E-state index in [9.17, 15) is 9.59 Å². The molecule has 2 N–H and O–H groups in total. The van der Waals surface area contributed by atoms with Gasteiger partial charge in [0.2, 0.25) is 0 Å². The second-order valence-electron chi connectivity index (χ2n) is 5.70. The molecule has 3 rings (SSSR count). The van der Waals surface area contributed by atoms with Crippen LogP contribution in [0.3, 0.4) is 0 Å². The summed E-state index contributed by atoms with van der Waals surface area (Å²) in [5.74, 6) is 0.0604. The molecule has 2 heterocycles. The van der Waals surface area contributed by atoms with Gasteiger partial charge >= 0.3 is 6.03 Å². The Kier molecular flexibility index (Phi) is 4.29. The molecule has 0 unspecified atom stereocenters. The summed E-state index contributed by atoms with van der Waals surface area (Å²) in [4.78, 5) is 28.0. The Morgan fingerprint density at radius 1 is 1.09 bits per heavy atom. The fraction of sp³-hybridized carbons (Fsp3) is 0.500. The van der Waals surface area contributed by atoms with E-state index >= 15 is 0 Å². The van der Waals surface area contributed by atoms with E-state index in [2.05, 4.69) is 10.6 Å². The highest BCUT2D eigenvalue weighted by Crippen LogP contribution is 2.18. The predicted molar refractivity (Wildman–Crippen MR) is 83.5 cm³/mol. The van der Waals surface area contributed by atoms with Crippen LogP contribution in [-0.2, 0) is 13.1 Å². The van der Waals surface area contributed by atoms with Crippen LogP contribution in [0.1, 0.15) is 28.4 Å². The van der Waals surface area contributed by atoms with E-state index in [4.69, 9.17) is 0 Å². The maximum Gasteiger partial charge on any atom is 0.317 e. The third-order valence-corrected chi connectivity index (χ3v) is 4.27. The number of urea groups is 1. The molecule has 2 aliphatic rings. The van der Waals surface area contributed by atoms with Gasteiger partial charge < -0.3 is 20.4 Å². The normalized spacial score (nSPS) is 17.3. The molecule has 0 atom stereocenters. The largest absolute Gasteiger partial charge is 0.338 e. The molecule has 0 spiro atoms. The number of carbonyl (C=O) groups excluding carboxylic acids is 2. The van der Waals surface area contributed by atoms with Crippen molar-refractivity contribution < 1.29 is 9.59 Å². The van der Waals surface area contributed by atoms with Crippen LogP contribution in [0.25, 0.3) is 0 Å². The predicted octanol–water partition coefficient (Wildman–Crippen LogP) is 0.777. The van der Waals surface area contributed by atoms with Crippen molar-refractivity contribution in [2.75, 3.05) is 32.7 Å². The zero-order valence-electron chi connectivity index (χ0n) is 12.9. The van der Waals surface area contributed by atoms with Gasteiger partial charge in [0.1, 0.15) is 0 Å². The summed E-state index contributed by atoms with van der Waals surface area (Å²) in [6.07, 6.45) is 0. The van der Waals surface area contributed by atoms with Gasteiger partial charge in [0.15, 0.2) is 0 Å². The minimum atomic E-state index is -0.0433. The average molecular weight is 302 g/mol. The Morgan fingerprint density at radius 2 is 1.77 bits per heavy atom. The van der Waals surface area contributed by atoms with Gasteiger partial charge in [0.25, 0.3) is 5.91 Å². The molecule has 1 saturated heterocycles. The van der Waals surface area contributed by atoms with Crippen LogP contribution < -0.4 is 10.6 Å². The van der Waals surface area contributed by atoms with Crippen LogP contribution in [-0.4, -0.2) is 54.5 Å². The highest BCUT2D eigenvalue weighted by molar-refractivity contribution is 5.94. The monoisotopic (exact) mass is 302 g/mol. The zero-order valence-corrected chi connectivity index (χ0v) is 12.9. The maximum absolute atomic E-state index is 12.6. The Labute approximate surface area is 130 Å². The van der Waals surface area contributed by atoms with Crippen LogP contribution in [0.15, 0.2) is 18.2 Å². The van der Waals surface area contributed by atoms with Crippen molar-refractivity contribution in [1.29, 1.82) is 0 Å². The van der Waals surface area contributed by atoms with Crippen molar-refractivity contribution in [1.82, 2.24) is 20.4 Å². The topological polar surface area (TPSA) is 64.7 Å². The first-order chi connectivity index (χ1) is 10.7. The number of nitrogens with one attached hydrogen (secondary N) is 2. The average Bonchev–Trinajstić information content (AvgIpc) is 3.02. The van der Waals surface area contributed by atoms with E-state index in [1.165, 1.54) is 11.1 Å². The number of amides is 3. The van der Waals surface area contributed by atoms with Gasteiger partial charge in [0, 0.05) is 51.4 Å². The number of rotatable bonds is 2. The third kappa shape index (κ3) is 2.92. The van der Waals surface area contributed by atoms with E-state index in [0.717, 1.165) is 18.7 Å². The number of nitrogens with zero attached hydrogens (tertiary/aromatic N) is 2. The minimum absolute atomic E-state index is 0.0433. The van der Waals surface area contributed by atoms with Crippen LogP contribution in [0.5, 0.6) is 0 Å². The number of piperazine rings is 1. The lowest BCUT2D eigenvalue weighted by molar-refractivity contribution is 0.0665. The Morgan fingerprint density at radius 3 is 2.50 bits per heavy atom. The summed E-state index contributed by atoms with van der Waals surface area (Å²) in [5.41, 5.74) is 3.23. The summed E-state index contributed by atoms with van der Waals surface area (Å²) in [6.45, 7) is 6.60. The number of hydrogen-bond acceptors (Lipinski definition) is 3. The van der Waals surface area contributed by atoms with Crippen molar-refractivity contribution in [3.05, 3.63) is 34.9 Å². The fourth-order valence-corrected chi connectivity index (χ4v) is 2.99. The molecule has 1 aromatic carbocycles. The summed E-state index contributed by atoms with van der Waals surface area (Å²) >= 11 is 0. The van der Waals surface area contributed by atoms with Crippen LogP contribution in [0.4, 0.5) is 4.79 Å². The number of benzene rings is 1. The lowest BCUT2D eigenvalue weighted by Gasteiger charge is -2.34. The van der Waals surface area contributed by atoms with Gasteiger partial charge in [-0.15, -0.1) is 0 Å². The number of fused-ring (bicyclic) bond motifs is 1. The molecule has 22 heavy (non-hydrogen) atoms.